The van der Waals surface area contributed by atoms with E-state index in [9.17, 15) is 9.18 Å². The highest BCUT2D eigenvalue weighted by Crippen LogP contribution is 2.30. The van der Waals surface area contributed by atoms with Crippen molar-refractivity contribution in [1.82, 2.24) is 4.90 Å². The maximum Gasteiger partial charge on any atom is 0.253 e. The van der Waals surface area contributed by atoms with E-state index in [1.54, 1.807) is 12.1 Å². The molecule has 0 bridgehead atoms. The van der Waals surface area contributed by atoms with E-state index < -0.39 is 0 Å². The Morgan fingerprint density at radius 2 is 2.00 bits per heavy atom. The van der Waals surface area contributed by atoms with Gasteiger partial charge < -0.3 is 4.90 Å². The standard InChI is InChI=1S/C13H16FNO/c1-2-15(9-10-3-4-10)13(16)11-5-7-12(14)8-6-11/h5-8,10H,2-4,9H2,1H3. The lowest BCUT2D eigenvalue weighted by atomic mass is 10.2. The first-order chi connectivity index (χ1) is 7.70. The summed E-state index contributed by atoms with van der Waals surface area (Å²) < 4.78 is 12.7. The van der Waals surface area contributed by atoms with Gasteiger partial charge in [0.05, 0.1) is 0 Å². The summed E-state index contributed by atoms with van der Waals surface area (Å²) in [7, 11) is 0. The zero-order valence-corrected chi connectivity index (χ0v) is 9.45. The summed E-state index contributed by atoms with van der Waals surface area (Å²) in [6.45, 7) is 3.53. The van der Waals surface area contributed by atoms with Gasteiger partial charge in [-0.1, -0.05) is 0 Å². The van der Waals surface area contributed by atoms with E-state index in [1.807, 2.05) is 11.8 Å². The minimum Gasteiger partial charge on any atom is -0.339 e. The average Bonchev–Trinajstić information content (AvgIpc) is 3.10. The zero-order chi connectivity index (χ0) is 11.5. The number of benzene rings is 1. The van der Waals surface area contributed by atoms with Gasteiger partial charge in [-0.25, -0.2) is 4.39 Å². The van der Waals surface area contributed by atoms with Crippen LogP contribution >= 0.6 is 0 Å². The van der Waals surface area contributed by atoms with E-state index >= 15 is 0 Å². The average molecular weight is 221 g/mol. The van der Waals surface area contributed by atoms with E-state index in [1.165, 1.54) is 25.0 Å². The first kappa shape index (κ1) is 11.1. The van der Waals surface area contributed by atoms with Crippen molar-refractivity contribution in [3.05, 3.63) is 35.6 Å². The first-order valence-corrected chi connectivity index (χ1v) is 5.75. The molecule has 1 amide bonds. The van der Waals surface area contributed by atoms with Crippen LogP contribution in [0.4, 0.5) is 4.39 Å². The quantitative estimate of drug-likeness (QED) is 0.765. The minimum absolute atomic E-state index is 0.00870. The molecule has 0 unspecified atom stereocenters. The van der Waals surface area contributed by atoms with Crippen LogP contribution < -0.4 is 0 Å². The molecule has 0 N–H and O–H groups in total. The monoisotopic (exact) mass is 221 g/mol. The Hall–Kier alpha value is -1.38. The molecule has 0 aromatic heterocycles. The van der Waals surface area contributed by atoms with Crippen LogP contribution in [0, 0.1) is 11.7 Å². The molecule has 0 spiro atoms. The fraction of sp³-hybridized carbons (Fsp3) is 0.462. The molecule has 2 nitrogen and oxygen atoms in total. The van der Waals surface area contributed by atoms with Crippen molar-refractivity contribution in [2.24, 2.45) is 5.92 Å². The molecule has 0 aliphatic heterocycles. The molecule has 1 saturated carbocycles. The summed E-state index contributed by atoms with van der Waals surface area (Å²) in [4.78, 5) is 13.9. The van der Waals surface area contributed by atoms with E-state index in [0.717, 1.165) is 6.54 Å². The van der Waals surface area contributed by atoms with Gasteiger partial charge in [-0.3, -0.25) is 4.79 Å². The zero-order valence-electron chi connectivity index (χ0n) is 9.45. The highest BCUT2D eigenvalue weighted by atomic mass is 19.1. The van der Waals surface area contributed by atoms with Gasteiger partial charge in [-0.05, 0) is 49.9 Å². The Morgan fingerprint density at radius 3 is 2.50 bits per heavy atom. The fourth-order valence-corrected chi connectivity index (χ4v) is 1.74. The molecule has 0 atom stereocenters. The van der Waals surface area contributed by atoms with Crippen molar-refractivity contribution < 1.29 is 9.18 Å². The van der Waals surface area contributed by atoms with Gasteiger partial charge in [0, 0.05) is 18.7 Å². The predicted octanol–water partition coefficient (Wildman–Crippen LogP) is 2.70. The first-order valence-electron chi connectivity index (χ1n) is 5.75. The summed E-state index contributed by atoms with van der Waals surface area (Å²) in [5, 5.41) is 0. The van der Waals surface area contributed by atoms with E-state index in [2.05, 4.69) is 0 Å². The Kier molecular flexibility index (Phi) is 3.22. The normalized spacial score (nSPS) is 14.9. The van der Waals surface area contributed by atoms with Crippen molar-refractivity contribution in [3.63, 3.8) is 0 Å². The van der Waals surface area contributed by atoms with Crippen molar-refractivity contribution >= 4 is 5.91 Å². The summed E-state index contributed by atoms with van der Waals surface area (Å²) in [6.07, 6.45) is 2.46. The molecule has 1 aliphatic carbocycles. The third kappa shape index (κ3) is 2.60. The topological polar surface area (TPSA) is 20.3 Å². The number of amides is 1. The fourth-order valence-electron chi connectivity index (χ4n) is 1.74. The van der Waals surface area contributed by atoms with Crippen LogP contribution in [0.1, 0.15) is 30.1 Å². The Bertz CT molecular complexity index is 370. The second kappa shape index (κ2) is 4.64. The second-order valence-corrected chi connectivity index (χ2v) is 4.29. The van der Waals surface area contributed by atoms with Crippen LogP contribution in [0.25, 0.3) is 0 Å². The number of halogens is 1. The maximum atomic E-state index is 12.7. The number of carbonyl (C=O) groups excluding carboxylic acids is 1. The van der Waals surface area contributed by atoms with Crippen LogP contribution in [-0.2, 0) is 0 Å². The van der Waals surface area contributed by atoms with Crippen LogP contribution in [0.5, 0.6) is 0 Å². The smallest absolute Gasteiger partial charge is 0.253 e. The van der Waals surface area contributed by atoms with Crippen LogP contribution in [0.2, 0.25) is 0 Å². The number of nitrogens with zero attached hydrogens (tertiary/aromatic N) is 1. The molecule has 1 aromatic rings. The Morgan fingerprint density at radius 1 is 1.38 bits per heavy atom. The largest absolute Gasteiger partial charge is 0.339 e. The summed E-state index contributed by atoms with van der Waals surface area (Å²) in [6, 6.07) is 5.76. The van der Waals surface area contributed by atoms with Crippen molar-refractivity contribution in [2.45, 2.75) is 19.8 Å². The second-order valence-electron chi connectivity index (χ2n) is 4.29. The Balaban J connectivity index is 2.06. The van der Waals surface area contributed by atoms with E-state index in [4.69, 9.17) is 0 Å². The van der Waals surface area contributed by atoms with Crippen molar-refractivity contribution in [1.29, 1.82) is 0 Å². The summed E-state index contributed by atoms with van der Waals surface area (Å²) >= 11 is 0. The molecule has 86 valence electrons. The molecular weight excluding hydrogens is 205 g/mol. The van der Waals surface area contributed by atoms with Crippen LogP contribution in [0.15, 0.2) is 24.3 Å². The molecule has 1 aromatic carbocycles. The number of hydrogen-bond donors (Lipinski definition) is 0. The lowest BCUT2D eigenvalue weighted by Crippen LogP contribution is -2.32. The lowest BCUT2D eigenvalue weighted by molar-refractivity contribution is 0.0757. The highest BCUT2D eigenvalue weighted by Gasteiger charge is 2.26. The molecule has 1 aliphatic rings. The van der Waals surface area contributed by atoms with Gasteiger partial charge in [0.2, 0.25) is 0 Å². The van der Waals surface area contributed by atoms with Gasteiger partial charge >= 0.3 is 0 Å². The van der Waals surface area contributed by atoms with Gasteiger partial charge in [-0.15, -0.1) is 0 Å². The SMILES string of the molecule is CCN(CC1CC1)C(=O)c1ccc(F)cc1. The number of carbonyl (C=O) groups is 1. The lowest BCUT2D eigenvalue weighted by Gasteiger charge is -2.20. The molecular formula is C13H16FNO. The number of hydrogen-bond acceptors (Lipinski definition) is 1. The van der Waals surface area contributed by atoms with Crippen molar-refractivity contribution in [2.75, 3.05) is 13.1 Å². The minimum atomic E-state index is -0.304. The third-order valence-electron chi connectivity index (χ3n) is 2.94. The molecule has 2 rings (SSSR count). The third-order valence-corrected chi connectivity index (χ3v) is 2.94. The molecule has 1 fully saturated rings. The molecule has 16 heavy (non-hydrogen) atoms. The van der Waals surface area contributed by atoms with Gasteiger partial charge in [0.15, 0.2) is 0 Å². The highest BCUT2D eigenvalue weighted by molar-refractivity contribution is 5.94. The maximum absolute atomic E-state index is 12.7. The predicted molar refractivity (Wildman–Crippen MR) is 60.7 cm³/mol. The van der Waals surface area contributed by atoms with Crippen LogP contribution in [-0.4, -0.2) is 23.9 Å². The van der Waals surface area contributed by atoms with Gasteiger partial charge in [-0.2, -0.15) is 0 Å². The summed E-state index contributed by atoms with van der Waals surface area (Å²) in [5.41, 5.74) is 0.573. The van der Waals surface area contributed by atoms with Crippen LogP contribution in [0.3, 0.4) is 0 Å². The van der Waals surface area contributed by atoms with Crippen molar-refractivity contribution in [3.8, 4) is 0 Å². The molecule has 3 heteroatoms. The van der Waals surface area contributed by atoms with E-state index in [0.29, 0.717) is 18.0 Å². The van der Waals surface area contributed by atoms with Gasteiger partial charge in [0.25, 0.3) is 5.91 Å². The molecule has 0 saturated heterocycles. The van der Waals surface area contributed by atoms with Gasteiger partial charge in [0.1, 0.15) is 5.82 Å². The molecule has 0 heterocycles. The number of rotatable bonds is 4. The van der Waals surface area contributed by atoms with E-state index in [-0.39, 0.29) is 11.7 Å². The Labute approximate surface area is 95.1 Å². The summed E-state index contributed by atoms with van der Waals surface area (Å²) in [5.74, 6) is 0.389. The molecule has 0 radical (unpaired) electrons.